The Labute approximate surface area is 318 Å². The summed E-state index contributed by atoms with van der Waals surface area (Å²) in [5.41, 5.74) is 5.77. The Balaban J connectivity index is 0.000000207. The molecule has 4 aromatic heterocycles. The molecule has 0 unspecified atom stereocenters. The van der Waals surface area contributed by atoms with E-state index >= 15 is 0 Å². The first-order valence-electron chi connectivity index (χ1n) is 16.3. The smallest absolute Gasteiger partial charge is 0.416 e. The number of carbonyl (C=O) groups is 2. The summed E-state index contributed by atoms with van der Waals surface area (Å²) < 4.78 is 40.9. The number of anilines is 2. The van der Waals surface area contributed by atoms with Gasteiger partial charge in [-0.15, -0.1) is 10.2 Å². The Hall–Kier alpha value is -7.35. The van der Waals surface area contributed by atoms with Crippen LogP contribution in [0, 0.1) is 20.8 Å². The lowest BCUT2D eigenvalue weighted by atomic mass is 10.1. The fourth-order valence-corrected chi connectivity index (χ4v) is 4.62. The molecule has 17 nitrogen and oxygen atoms in total. The van der Waals surface area contributed by atoms with Gasteiger partial charge in [-0.05, 0) is 56.7 Å². The van der Waals surface area contributed by atoms with Gasteiger partial charge in [-0.3, -0.25) is 30.2 Å². The van der Waals surface area contributed by atoms with E-state index in [2.05, 4.69) is 51.6 Å². The number of carboxylic acid groups (broad SMARTS) is 1. The predicted octanol–water partition coefficient (Wildman–Crippen LogP) is 4.60. The van der Waals surface area contributed by atoms with Crippen LogP contribution in [0.2, 0.25) is 0 Å². The predicted molar refractivity (Wildman–Crippen MR) is 202 cm³/mol. The second-order valence-electron chi connectivity index (χ2n) is 11.8. The summed E-state index contributed by atoms with van der Waals surface area (Å²) in [6.45, 7) is 5.61. The van der Waals surface area contributed by atoms with E-state index in [4.69, 9.17) is 10.9 Å². The molecule has 0 aliphatic carbocycles. The maximum atomic E-state index is 12.8. The van der Waals surface area contributed by atoms with Gasteiger partial charge in [0.2, 0.25) is 0 Å². The number of halogens is 3. The lowest BCUT2D eigenvalue weighted by Crippen LogP contribution is -2.38. The Kier molecular flexibility index (Phi) is 14.1. The van der Waals surface area contributed by atoms with Gasteiger partial charge in [-0.2, -0.15) is 13.2 Å². The van der Waals surface area contributed by atoms with E-state index in [0.717, 1.165) is 45.8 Å². The van der Waals surface area contributed by atoms with Crippen molar-refractivity contribution in [1.29, 1.82) is 0 Å². The SMILES string of the molecule is CN(N)c1cnccn1.Cc1cc(-c2ncn(/C=C\C(=O)O)n2)cc(C(F)(F)F)c1.Cc1cc(C)cc(-c2ncn(/C=C\C(=O)NN(C)c3cnccn3)n2)c1. The van der Waals surface area contributed by atoms with E-state index in [9.17, 15) is 22.8 Å². The number of nitrogens with two attached hydrogens (primary N) is 1. The molecule has 0 spiro atoms. The average Bonchev–Trinajstić information content (AvgIpc) is 3.84. The molecule has 0 bridgehead atoms. The number of carbonyl (C=O) groups excluding carboxylic acids is 1. The van der Waals surface area contributed by atoms with E-state index in [1.165, 1.54) is 33.2 Å². The number of carboxylic acids is 1. The summed E-state index contributed by atoms with van der Waals surface area (Å²) in [5, 5.41) is 19.7. The van der Waals surface area contributed by atoms with Crippen molar-refractivity contribution >= 4 is 35.9 Å². The molecule has 290 valence electrons. The summed E-state index contributed by atoms with van der Waals surface area (Å²) in [5.74, 6) is 5.75. The standard InChI is InChI=1S/C18H19N7O.C13H10F3N3O2.C5H8N4/c1-13-8-14(2)10-15(9-13)18-21-12-25(23-18)7-4-17(26)22-24(3)16-11-19-5-6-20-16;1-8-4-9(6-10(5-8)13(14,15)16)12-17-7-19(18-12)3-2-11(20)21;1-9(6)5-4-7-2-3-8-5/h4-12H,1-3H3,(H,22,26);2-7H,1H3,(H,20,21);2-4H,6H2,1H3/b7-4-;3-2-;. The second kappa shape index (κ2) is 19.1. The number of aryl methyl sites for hydroxylation is 3. The first-order valence-corrected chi connectivity index (χ1v) is 16.3. The minimum absolute atomic E-state index is 0.0826. The number of hydrogen-bond donors (Lipinski definition) is 3. The van der Waals surface area contributed by atoms with Crippen LogP contribution in [0.4, 0.5) is 24.8 Å². The molecular formula is C36H37F3N14O3. The minimum Gasteiger partial charge on any atom is -0.478 e. The van der Waals surface area contributed by atoms with Gasteiger partial charge in [0.05, 0.1) is 18.0 Å². The van der Waals surface area contributed by atoms with Crippen molar-refractivity contribution in [3.8, 4) is 22.8 Å². The molecule has 0 saturated heterocycles. The maximum absolute atomic E-state index is 12.8. The van der Waals surface area contributed by atoms with Crippen molar-refractivity contribution in [3.05, 3.63) is 121 Å². The van der Waals surface area contributed by atoms with Crippen molar-refractivity contribution < 1.29 is 27.9 Å². The highest BCUT2D eigenvalue weighted by Crippen LogP contribution is 2.32. The van der Waals surface area contributed by atoms with Gasteiger partial charge in [-0.25, -0.2) is 39.9 Å². The number of hydrazine groups is 2. The van der Waals surface area contributed by atoms with Crippen LogP contribution in [0.25, 0.3) is 35.2 Å². The van der Waals surface area contributed by atoms with Crippen molar-refractivity contribution in [3.63, 3.8) is 0 Å². The van der Waals surface area contributed by atoms with E-state index in [1.807, 2.05) is 26.0 Å². The zero-order valence-electron chi connectivity index (χ0n) is 30.7. The molecule has 6 rings (SSSR count). The Morgan fingerprint density at radius 3 is 1.70 bits per heavy atom. The fraction of sp³-hybridized carbons (Fsp3) is 0.167. The molecule has 0 fully saturated rings. The summed E-state index contributed by atoms with van der Waals surface area (Å²) >= 11 is 0. The molecule has 0 radical (unpaired) electrons. The number of benzene rings is 2. The molecule has 6 aromatic rings. The van der Waals surface area contributed by atoms with Crippen LogP contribution in [0.3, 0.4) is 0 Å². The van der Waals surface area contributed by atoms with E-state index in [0.29, 0.717) is 23.0 Å². The van der Waals surface area contributed by atoms with Crippen molar-refractivity contribution in [1.82, 2.24) is 54.9 Å². The number of aromatic nitrogens is 10. The van der Waals surface area contributed by atoms with Gasteiger partial charge in [0.25, 0.3) is 5.91 Å². The largest absolute Gasteiger partial charge is 0.478 e. The van der Waals surface area contributed by atoms with Crippen LogP contribution in [-0.4, -0.2) is 80.5 Å². The zero-order valence-corrected chi connectivity index (χ0v) is 30.7. The monoisotopic (exact) mass is 770 g/mol. The van der Waals surface area contributed by atoms with Gasteiger partial charge >= 0.3 is 12.1 Å². The van der Waals surface area contributed by atoms with Crippen LogP contribution in [-0.2, 0) is 15.8 Å². The first-order chi connectivity index (χ1) is 26.6. The second-order valence-corrected chi connectivity index (χ2v) is 11.8. The molecule has 0 saturated carbocycles. The highest BCUT2D eigenvalue weighted by atomic mass is 19.4. The number of nitrogens with one attached hydrogen (secondary N) is 1. The van der Waals surface area contributed by atoms with E-state index < -0.39 is 17.7 Å². The van der Waals surface area contributed by atoms with Gasteiger partial charge in [0, 0.05) is 74.6 Å². The number of rotatable bonds is 9. The molecule has 56 heavy (non-hydrogen) atoms. The lowest BCUT2D eigenvalue weighted by Gasteiger charge is -2.17. The Morgan fingerprint density at radius 2 is 1.23 bits per heavy atom. The minimum atomic E-state index is -4.45. The molecule has 0 aliphatic heterocycles. The van der Waals surface area contributed by atoms with Crippen LogP contribution in [0.1, 0.15) is 22.3 Å². The third-order valence-electron chi connectivity index (χ3n) is 6.99. The van der Waals surface area contributed by atoms with Crippen LogP contribution in [0.15, 0.2) is 98.4 Å². The summed E-state index contributed by atoms with van der Waals surface area (Å²) in [4.78, 5) is 46.3. The van der Waals surface area contributed by atoms with Gasteiger partial charge < -0.3 is 5.11 Å². The molecular weight excluding hydrogens is 733 g/mol. The normalized spacial score (nSPS) is 11.0. The maximum Gasteiger partial charge on any atom is 0.416 e. The van der Waals surface area contributed by atoms with Crippen molar-refractivity contribution in [2.24, 2.45) is 5.84 Å². The molecule has 20 heteroatoms. The molecule has 0 aliphatic rings. The van der Waals surface area contributed by atoms with E-state index in [-0.39, 0.29) is 17.3 Å². The highest BCUT2D eigenvalue weighted by molar-refractivity contribution is 5.90. The summed E-state index contributed by atoms with van der Waals surface area (Å²) in [7, 11) is 3.40. The topological polar surface area (TPSA) is 212 Å². The Bertz CT molecular complexity index is 2250. The van der Waals surface area contributed by atoms with Gasteiger partial charge in [-0.1, -0.05) is 17.2 Å². The van der Waals surface area contributed by atoms with Crippen molar-refractivity contribution in [2.45, 2.75) is 26.9 Å². The molecule has 0 atom stereocenters. The number of nitrogens with zero attached hydrogens (tertiary/aromatic N) is 12. The molecule has 2 aromatic carbocycles. The molecule has 1 amide bonds. The summed E-state index contributed by atoms with van der Waals surface area (Å²) in [6, 6.07) is 9.66. The summed E-state index contributed by atoms with van der Waals surface area (Å²) in [6.07, 6.45) is 12.7. The highest BCUT2D eigenvalue weighted by Gasteiger charge is 2.31. The lowest BCUT2D eigenvalue weighted by molar-refractivity contribution is -0.137. The van der Waals surface area contributed by atoms with Gasteiger partial charge in [0.1, 0.15) is 12.7 Å². The van der Waals surface area contributed by atoms with Crippen LogP contribution < -0.4 is 21.3 Å². The average molecular weight is 771 g/mol. The van der Waals surface area contributed by atoms with Gasteiger partial charge in [0.15, 0.2) is 23.3 Å². The van der Waals surface area contributed by atoms with E-state index in [1.54, 1.807) is 70.7 Å². The number of amides is 1. The van der Waals surface area contributed by atoms with Crippen LogP contribution >= 0.6 is 0 Å². The third kappa shape index (κ3) is 12.9. The number of aliphatic carboxylic acids is 1. The molecule has 4 N–H and O–H groups in total. The third-order valence-corrected chi connectivity index (χ3v) is 6.99. The quantitative estimate of drug-likeness (QED) is 0.104. The number of hydrogen-bond acceptors (Lipinski definition) is 13. The zero-order chi connectivity index (χ0) is 40.8. The Morgan fingerprint density at radius 1 is 0.732 bits per heavy atom. The van der Waals surface area contributed by atoms with Crippen molar-refractivity contribution in [2.75, 3.05) is 24.1 Å². The van der Waals surface area contributed by atoms with Crippen LogP contribution in [0.5, 0.6) is 0 Å². The molecule has 4 heterocycles. The fourth-order valence-electron chi connectivity index (χ4n) is 4.62. The first kappa shape index (κ1) is 41.4. The number of alkyl halides is 3.